The second-order valence-electron chi connectivity index (χ2n) is 9.96. The van der Waals surface area contributed by atoms with E-state index < -0.39 is 35.5 Å². The number of aliphatic hydroxyl groups excluding tert-OH is 1. The molecule has 2 heterocycles. The molecule has 2 unspecified atom stereocenters. The molecule has 1 aliphatic heterocycles. The minimum atomic E-state index is -1.13. The van der Waals surface area contributed by atoms with E-state index in [2.05, 4.69) is 10.3 Å². The largest absolute Gasteiger partial charge is 0.451 e. The summed E-state index contributed by atoms with van der Waals surface area (Å²) in [5, 5.41) is 13.2. The van der Waals surface area contributed by atoms with Crippen LogP contribution < -0.4 is 11.1 Å². The molecule has 0 radical (unpaired) electrons. The van der Waals surface area contributed by atoms with Crippen molar-refractivity contribution >= 4 is 29.1 Å². The van der Waals surface area contributed by atoms with Crippen LogP contribution >= 0.6 is 11.3 Å². The van der Waals surface area contributed by atoms with E-state index in [1.54, 1.807) is 32.1 Å². The van der Waals surface area contributed by atoms with Gasteiger partial charge in [-0.25, -0.2) is 4.98 Å². The van der Waals surface area contributed by atoms with Crippen LogP contribution in [0.25, 0.3) is 10.4 Å². The summed E-state index contributed by atoms with van der Waals surface area (Å²) >= 11 is 1.58. The smallest absolute Gasteiger partial charge is 0.320 e. The number of nitrogens with two attached hydrogens (primary N) is 1. The van der Waals surface area contributed by atoms with Crippen LogP contribution in [0.5, 0.6) is 0 Å². The molecule has 1 aliphatic rings. The Morgan fingerprint density at radius 2 is 1.94 bits per heavy atom. The van der Waals surface area contributed by atoms with Crippen molar-refractivity contribution in [2.75, 3.05) is 13.1 Å². The van der Waals surface area contributed by atoms with Crippen molar-refractivity contribution in [1.82, 2.24) is 15.2 Å². The highest BCUT2D eigenvalue weighted by Gasteiger charge is 2.45. The molecule has 35 heavy (non-hydrogen) atoms. The lowest BCUT2D eigenvalue weighted by atomic mass is 9.88. The summed E-state index contributed by atoms with van der Waals surface area (Å²) in [5.41, 5.74) is 9.39. The van der Waals surface area contributed by atoms with E-state index in [1.165, 1.54) is 4.90 Å². The molecule has 0 bridgehead atoms. The Morgan fingerprint density at radius 1 is 1.29 bits per heavy atom. The number of likely N-dealkylation sites (tertiary alicyclic amines) is 1. The third-order valence-corrected chi connectivity index (χ3v) is 7.05. The number of nitrogens with zero attached hydrogens (tertiary/aromatic N) is 2. The van der Waals surface area contributed by atoms with E-state index in [-0.39, 0.29) is 31.5 Å². The lowest BCUT2D eigenvalue weighted by molar-refractivity contribution is -0.167. The van der Waals surface area contributed by atoms with E-state index in [9.17, 15) is 19.5 Å². The molecular weight excluding hydrogens is 468 g/mol. The molecule has 3 rings (SSSR count). The average Bonchev–Trinajstić information content (AvgIpc) is 3.41. The van der Waals surface area contributed by atoms with Gasteiger partial charge in [-0.05, 0) is 25.0 Å². The van der Waals surface area contributed by atoms with Gasteiger partial charge in [-0.3, -0.25) is 14.4 Å². The first kappa shape index (κ1) is 26.8. The molecule has 4 N–H and O–H groups in total. The average molecular weight is 503 g/mol. The number of aryl methyl sites for hydroxylation is 1. The third kappa shape index (κ3) is 6.25. The first-order valence-electron chi connectivity index (χ1n) is 11.6. The molecular formula is C25H34N4O5S. The van der Waals surface area contributed by atoms with Gasteiger partial charge in [-0.15, -0.1) is 11.3 Å². The fourth-order valence-electron chi connectivity index (χ4n) is 4.13. The van der Waals surface area contributed by atoms with Gasteiger partial charge < -0.3 is 25.8 Å². The number of carbonyl (C=O) groups is 3. The van der Waals surface area contributed by atoms with Crippen molar-refractivity contribution in [3.8, 4) is 10.4 Å². The highest BCUT2D eigenvalue weighted by atomic mass is 32.1. The van der Waals surface area contributed by atoms with Crippen LogP contribution in [0.3, 0.4) is 0 Å². The second-order valence-corrected chi connectivity index (χ2v) is 10.8. The van der Waals surface area contributed by atoms with E-state index in [4.69, 9.17) is 10.5 Å². The van der Waals surface area contributed by atoms with Gasteiger partial charge in [0, 0.05) is 18.4 Å². The topological polar surface area (TPSA) is 135 Å². The number of carbonyl (C=O) groups excluding carboxylic acids is 3. The summed E-state index contributed by atoms with van der Waals surface area (Å²) in [5.74, 6) is -1.60. The van der Waals surface area contributed by atoms with Gasteiger partial charge in [0.25, 0.3) is 5.91 Å². The monoisotopic (exact) mass is 502 g/mol. The molecule has 9 nitrogen and oxygen atoms in total. The highest BCUT2D eigenvalue weighted by Crippen LogP contribution is 2.30. The molecule has 1 fully saturated rings. The summed E-state index contributed by atoms with van der Waals surface area (Å²) in [6.07, 6.45) is -1.87. The van der Waals surface area contributed by atoms with Gasteiger partial charge in [0.1, 0.15) is 6.04 Å². The molecule has 2 aromatic rings. The molecule has 1 aromatic carbocycles. The maximum absolute atomic E-state index is 13.3. The highest BCUT2D eigenvalue weighted by molar-refractivity contribution is 7.13. The number of benzene rings is 1. The molecule has 0 aliphatic carbocycles. The third-order valence-electron chi connectivity index (χ3n) is 6.07. The van der Waals surface area contributed by atoms with Crippen molar-refractivity contribution in [3.05, 3.63) is 41.0 Å². The van der Waals surface area contributed by atoms with E-state index in [0.29, 0.717) is 0 Å². The Morgan fingerprint density at radius 3 is 2.49 bits per heavy atom. The second kappa shape index (κ2) is 10.8. The fourth-order valence-corrected chi connectivity index (χ4v) is 4.94. The van der Waals surface area contributed by atoms with Crippen LogP contribution in [0.4, 0.5) is 0 Å². The van der Waals surface area contributed by atoms with Crippen molar-refractivity contribution in [3.63, 3.8) is 0 Å². The lowest BCUT2D eigenvalue weighted by Crippen LogP contribution is -2.53. The maximum Gasteiger partial charge on any atom is 0.320 e. The maximum atomic E-state index is 13.3. The van der Waals surface area contributed by atoms with Gasteiger partial charge in [-0.2, -0.15) is 0 Å². The van der Waals surface area contributed by atoms with Gasteiger partial charge in [0.05, 0.1) is 34.8 Å². The van der Waals surface area contributed by atoms with Crippen LogP contribution in [0.2, 0.25) is 0 Å². The number of amides is 2. The van der Waals surface area contributed by atoms with Gasteiger partial charge in [0.15, 0.2) is 6.10 Å². The van der Waals surface area contributed by atoms with Crippen molar-refractivity contribution < 1.29 is 24.2 Å². The number of β-amino-alcohol motifs (C(OH)–C–C–N with tert-alkyl or cyclic N) is 1. The quantitative estimate of drug-likeness (QED) is 0.494. The SMILES string of the molecule is Cc1ncsc1-c1ccc(C(C)NC(=O)[C@@H]2C[C@@H](O)CN2C(=O)C(OC(=O)CN)C(C)(C)C)cc1. The predicted molar refractivity (Wildman–Crippen MR) is 133 cm³/mol. The van der Waals surface area contributed by atoms with Crippen molar-refractivity contribution in [2.45, 2.75) is 65.3 Å². The number of aromatic nitrogens is 1. The normalized spacial score (nSPS) is 19.8. The minimum Gasteiger partial charge on any atom is -0.451 e. The number of aliphatic hydroxyl groups is 1. The number of esters is 1. The Bertz CT molecular complexity index is 1060. The summed E-state index contributed by atoms with van der Waals surface area (Å²) in [6.45, 7) is 8.75. The van der Waals surface area contributed by atoms with Gasteiger partial charge in [-0.1, -0.05) is 45.0 Å². The number of ether oxygens (including phenoxy) is 1. The van der Waals surface area contributed by atoms with Crippen LogP contribution in [0, 0.1) is 12.3 Å². The standard InChI is InChI=1S/C25H34N4O5S/c1-14(16-6-8-17(9-7-16)21-15(2)27-13-35-21)28-23(32)19-10-18(30)12-29(19)24(33)22(25(3,4)5)34-20(31)11-26/h6-9,13-14,18-19,22,30H,10-12,26H2,1-5H3,(H,28,32)/t14?,18-,19+,22?/m1/s1. The minimum absolute atomic E-state index is 0.0129. The Kier molecular flexibility index (Phi) is 8.30. The van der Waals surface area contributed by atoms with Gasteiger partial charge >= 0.3 is 5.97 Å². The Balaban J connectivity index is 1.73. The van der Waals surface area contributed by atoms with E-state index in [0.717, 1.165) is 21.7 Å². The van der Waals surface area contributed by atoms with Gasteiger partial charge in [0.2, 0.25) is 5.91 Å². The summed E-state index contributed by atoms with van der Waals surface area (Å²) in [7, 11) is 0. The van der Waals surface area contributed by atoms with Crippen LogP contribution in [-0.2, 0) is 19.1 Å². The molecule has 1 saturated heterocycles. The molecule has 2 amide bonds. The molecule has 1 aromatic heterocycles. The Labute approximate surface area is 209 Å². The molecule has 0 saturated carbocycles. The number of hydrogen-bond acceptors (Lipinski definition) is 8. The summed E-state index contributed by atoms with van der Waals surface area (Å²) in [6, 6.07) is 6.70. The van der Waals surface area contributed by atoms with Crippen LogP contribution in [0.15, 0.2) is 29.8 Å². The summed E-state index contributed by atoms with van der Waals surface area (Å²) < 4.78 is 5.33. The number of nitrogens with one attached hydrogen (secondary N) is 1. The first-order chi connectivity index (χ1) is 16.4. The fraction of sp³-hybridized carbons (Fsp3) is 0.520. The van der Waals surface area contributed by atoms with E-state index >= 15 is 0 Å². The zero-order valence-corrected chi connectivity index (χ0v) is 21.6. The van der Waals surface area contributed by atoms with Crippen molar-refractivity contribution in [2.24, 2.45) is 11.1 Å². The number of rotatable bonds is 7. The number of thiazole rings is 1. The number of hydrogen-bond donors (Lipinski definition) is 3. The van der Waals surface area contributed by atoms with Crippen molar-refractivity contribution in [1.29, 1.82) is 0 Å². The molecule has 4 atom stereocenters. The molecule has 0 spiro atoms. The molecule has 10 heteroatoms. The zero-order valence-electron chi connectivity index (χ0n) is 20.8. The van der Waals surface area contributed by atoms with E-state index in [1.807, 2.05) is 43.6 Å². The summed E-state index contributed by atoms with van der Waals surface area (Å²) in [4.78, 5) is 45.1. The molecule has 190 valence electrons. The predicted octanol–water partition coefficient (Wildman–Crippen LogP) is 2.17. The zero-order chi connectivity index (χ0) is 25.9. The van der Waals surface area contributed by atoms with Crippen LogP contribution in [0.1, 0.15) is 51.4 Å². The van der Waals surface area contributed by atoms with Crippen LogP contribution in [-0.4, -0.2) is 64.1 Å². The first-order valence-corrected chi connectivity index (χ1v) is 12.5. The lowest BCUT2D eigenvalue weighted by Gasteiger charge is -2.34. The Hall–Kier alpha value is -2.82.